The largest absolute Gasteiger partial charge is 0.497 e. The molecule has 1 aromatic heterocycles. The first kappa shape index (κ1) is 12.0. The summed E-state index contributed by atoms with van der Waals surface area (Å²) >= 11 is 0. The van der Waals surface area contributed by atoms with E-state index < -0.39 is 0 Å². The van der Waals surface area contributed by atoms with Crippen molar-refractivity contribution in [3.8, 4) is 5.75 Å². The zero-order chi connectivity index (χ0) is 13.4. The van der Waals surface area contributed by atoms with Crippen LogP contribution < -0.4 is 4.74 Å². The van der Waals surface area contributed by atoms with Crippen molar-refractivity contribution in [3.05, 3.63) is 46.8 Å². The number of Topliss-reactive ketones (excluding diaryl/α,β-unsaturated/α-hetero) is 1. The number of methoxy groups -OCH3 is 1. The predicted octanol–water partition coefficient (Wildman–Crippen LogP) is 2.64. The number of H-pyrrole nitrogens is 1. The van der Waals surface area contributed by atoms with Crippen LogP contribution in [0, 0.1) is 6.92 Å². The van der Waals surface area contributed by atoms with Crippen LogP contribution in [0.4, 0.5) is 0 Å². The number of ketones is 1. The van der Waals surface area contributed by atoms with Gasteiger partial charge in [-0.05, 0) is 37.0 Å². The fraction of sp³-hybridized carbons (Fsp3) is 0.333. The van der Waals surface area contributed by atoms with Gasteiger partial charge in [0.15, 0.2) is 5.78 Å². The Kier molecular flexibility index (Phi) is 2.85. The topological polar surface area (TPSA) is 55.0 Å². The summed E-state index contributed by atoms with van der Waals surface area (Å²) in [5, 5.41) is 7.15. The second-order valence-electron chi connectivity index (χ2n) is 4.97. The Morgan fingerprint density at radius 2 is 2.00 bits per heavy atom. The highest BCUT2D eigenvalue weighted by atomic mass is 16.5. The van der Waals surface area contributed by atoms with Crippen molar-refractivity contribution < 1.29 is 9.53 Å². The number of rotatable bonds is 2. The van der Waals surface area contributed by atoms with E-state index in [-0.39, 0.29) is 11.7 Å². The van der Waals surface area contributed by atoms with E-state index in [1.54, 1.807) is 7.11 Å². The van der Waals surface area contributed by atoms with Gasteiger partial charge in [-0.25, -0.2) is 0 Å². The number of ether oxygens (including phenoxy) is 1. The summed E-state index contributed by atoms with van der Waals surface area (Å²) in [6.45, 7) is 1.90. The van der Waals surface area contributed by atoms with Crippen LogP contribution in [-0.4, -0.2) is 23.1 Å². The number of aromatic amines is 1. The molecule has 0 radical (unpaired) electrons. The molecule has 19 heavy (non-hydrogen) atoms. The first-order chi connectivity index (χ1) is 9.19. The molecule has 1 aliphatic rings. The Morgan fingerprint density at radius 1 is 1.26 bits per heavy atom. The average molecular weight is 256 g/mol. The summed E-state index contributed by atoms with van der Waals surface area (Å²) in [6.07, 6.45) is 1.37. The zero-order valence-electron chi connectivity index (χ0n) is 11.1. The van der Waals surface area contributed by atoms with Gasteiger partial charge in [0.25, 0.3) is 0 Å². The Bertz CT molecular complexity index is 614. The molecule has 1 atom stereocenters. The minimum atomic E-state index is 0.188. The number of benzene rings is 1. The van der Waals surface area contributed by atoms with Crippen molar-refractivity contribution in [2.24, 2.45) is 0 Å². The molecule has 1 heterocycles. The first-order valence-corrected chi connectivity index (χ1v) is 6.40. The molecule has 1 N–H and O–H groups in total. The summed E-state index contributed by atoms with van der Waals surface area (Å²) in [5.41, 5.74) is 3.74. The minimum absolute atomic E-state index is 0.188. The summed E-state index contributed by atoms with van der Waals surface area (Å²) in [6, 6.07) is 7.93. The molecule has 0 fully saturated rings. The molecule has 0 bridgehead atoms. The molecule has 2 aromatic rings. The quantitative estimate of drug-likeness (QED) is 0.898. The molecule has 0 saturated heterocycles. The maximum atomic E-state index is 12.2. The molecule has 1 aromatic carbocycles. The highest BCUT2D eigenvalue weighted by Crippen LogP contribution is 2.33. The van der Waals surface area contributed by atoms with Gasteiger partial charge in [0, 0.05) is 12.1 Å². The minimum Gasteiger partial charge on any atom is -0.497 e. The molecular formula is C15H16N2O2. The van der Waals surface area contributed by atoms with E-state index in [4.69, 9.17) is 4.74 Å². The van der Waals surface area contributed by atoms with E-state index >= 15 is 0 Å². The molecule has 1 unspecified atom stereocenters. The van der Waals surface area contributed by atoms with Crippen LogP contribution in [0.2, 0.25) is 0 Å². The monoisotopic (exact) mass is 256 g/mol. The van der Waals surface area contributed by atoms with E-state index in [1.807, 2.05) is 31.2 Å². The standard InChI is InChI=1S/C15H16N2O2/c1-9-15-13(17-16-9)7-11(8-14(15)18)10-3-5-12(19-2)6-4-10/h3-6,11H,7-8H2,1-2H3,(H,16,17). The van der Waals surface area contributed by atoms with Gasteiger partial charge < -0.3 is 4.74 Å². The van der Waals surface area contributed by atoms with Crippen molar-refractivity contribution in [2.75, 3.05) is 7.11 Å². The van der Waals surface area contributed by atoms with Gasteiger partial charge in [0.1, 0.15) is 5.75 Å². The number of aromatic nitrogens is 2. The highest BCUT2D eigenvalue weighted by Gasteiger charge is 2.29. The number of fused-ring (bicyclic) bond motifs is 1. The van der Waals surface area contributed by atoms with Gasteiger partial charge in [-0.1, -0.05) is 12.1 Å². The van der Waals surface area contributed by atoms with Crippen molar-refractivity contribution in [3.63, 3.8) is 0 Å². The van der Waals surface area contributed by atoms with Crippen LogP contribution in [-0.2, 0) is 6.42 Å². The third kappa shape index (κ3) is 2.03. The van der Waals surface area contributed by atoms with Gasteiger partial charge in [0.2, 0.25) is 0 Å². The van der Waals surface area contributed by atoms with Gasteiger partial charge in [-0.15, -0.1) is 0 Å². The molecule has 0 amide bonds. The molecule has 0 saturated carbocycles. The third-order valence-electron chi connectivity index (χ3n) is 3.76. The fourth-order valence-electron chi connectivity index (χ4n) is 2.74. The number of nitrogens with zero attached hydrogens (tertiary/aromatic N) is 1. The molecule has 4 heteroatoms. The molecule has 3 rings (SSSR count). The second kappa shape index (κ2) is 4.53. The summed E-state index contributed by atoms with van der Waals surface area (Å²) < 4.78 is 5.15. The maximum Gasteiger partial charge on any atom is 0.167 e. The van der Waals surface area contributed by atoms with Gasteiger partial charge in [-0.2, -0.15) is 5.10 Å². The second-order valence-corrected chi connectivity index (χ2v) is 4.97. The lowest BCUT2D eigenvalue weighted by molar-refractivity contribution is 0.0963. The van der Waals surface area contributed by atoms with E-state index in [0.717, 1.165) is 29.1 Å². The van der Waals surface area contributed by atoms with Gasteiger partial charge in [-0.3, -0.25) is 9.89 Å². The highest BCUT2D eigenvalue weighted by molar-refractivity contribution is 5.99. The zero-order valence-corrected chi connectivity index (χ0v) is 11.1. The predicted molar refractivity (Wildman–Crippen MR) is 71.7 cm³/mol. The van der Waals surface area contributed by atoms with Crippen molar-refractivity contribution in [2.45, 2.75) is 25.7 Å². The SMILES string of the molecule is COc1ccc(C2CC(=O)c3c(n[nH]c3C)C2)cc1. The Hall–Kier alpha value is -2.10. The number of carbonyl (C=O) groups excluding carboxylic acids is 1. The summed E-state index contributed by atoms with van der Waals surface area (Å²) in [4.78, 5) is 12.2. The molecule has 98 valence electrons. The maximum absolute atomic E-state index is 12.2. The first-order valence-electron chi connectivity index (χ1n) is 6.40. The lowest BCUT2D eigenvalue weighted by Crippen LogP contribution is -2.18. The number of nitrogens with one attached hydrogen (secondary N) is 1. The molecular weight excluding hydrogens is 240 g/mol. The summed E-state index contributed by atoms with van der Waals surface area (Å²) in [7, 11) is 1.65. The van der Waals surface area contributed by atoms with Gasteiger partial charge >= 0.3 is 0 Å². The third-order valence-corrected chi connectivity index (χ3v) is 3.76. The Balaban J connectivity index is 1.90. The Morgan fingerprint density at radius 3 is 2.68 bits per heavy atom. The van der Waals surface area contributed by atoms with E-state index in [9.17, 15) is 4.79 Å². The number of hydrogen-bond donors (Lipinski definition) is 1. The van der Waals surface area contributed by atoms with E-state index in [1.165, 1.54) is 5.56 Å². The normalized spacial score (nSPS) is 18.2. The molecule has 1 aliphatic carbocycles. The van der Waals surface area contributed by atoms with Crippen molar-refractivity contribution >= 4 is 5.78 Å². The Labute approximate surface area is 111 Å². The summed E-state index contributed by atoms with van der Waals surface area (Å²) in [5.74, 6) is 1.24. The average Bonchev–Trinajstić information content (AvgIpc) is 2.81. The van der Waals surface area contributed by atoms with Crippen LogP contribution in [0.15, 0.2) is 24.3 Å². The van der Waals surface area contributed by atoms with E-state index in [0.29, 0.717) is 6.42 Å². The van der Waals surface area contributed by atoms with E-state index in [2.05, 4.69) is 10.2 Å². The van der Waals surface area contributed by atoms with Crippen LogP contribution >= 0.6 is 0 Å². The fourth-order valence-corrected chi connectivity index (χ4v) is 2.74. The lowest BCUT2D eigenvalue weighted by Gasteiger charge is -2.21. The number of hydrogen-bond acceptors (Lipinski definition) is 3. The number of aryl methyl sites for hydroxylation is 1. The van der Waals surface area contributed by atoms with Crippen LogP contribution in [0.3, 0.4) is 0 Å². The smallest absolute Gasteiger partial charge is 0.167 e. The lowest BCUT2D eigenvalue weighted by atomic mass is 9.82. The number of carbonyl (C=O) groups is 1. The van der Waals surface area contributed by atoms with Crippen molar-refractivity contribution in [1.29, 1.82) is 0 Å². The molecule has 0 aliphatic heterocycles. The van der Waals surface area contributed by atoms with Crippen molar-refractivity contribution in [1.82, 2.24) is 10.2 Å². The van der Waals surface area contributed by atoms with Crippen LogP contribution in [0.5, 0.6) is 5.75 Å². The van der Waals surface area contributed by atoms with Gasteiger partial charge in [0.05, 0.1) is 18.4 Å². The molecule has 4 nitrogen and oxygen atoms in total. The van der Waals surface area contributed by atoms with Crippen LogP contribution in [0.25, 0.3) is 0 Å². The molecule has 0 spiro atoms. The van der Waals surface area contributed by atoms with Crippen LogP contribution in [0.1, 0.15) is 39.6 Å².